The lowest BCUT2D eigenvalue weighted by Gasteiger charge is -2.36. The lowest BCUT2D eigenvalue weighted by atomic mass is 9.79. The topological polar surface area (TPSA) is 78.9 Å². The zero-order valence-electron chi connectivity index (χ0n) is 11.5. The third-order valence-corrected chi connectivity index (χ3v) is 3.05. The van der Waals surface area contributed by atoms with Gasteiger partial charge in [-0.1, -0.05) is 6.42 Å². The van der Waals surface area contributed by atoms with Crippen LogP contribution in [0.2, 0.25) is 0 Å². The van der Waals surface area contributed by atoms with Gasteiger partial charge in [-0.05, 0) is 18.8 Å². The summed E-state index contributed by atoms with van der Waals surface area (Å²) in [6.45, 7) is 3.76. The first kappa shape index (κ1) is 15.5. The Bertz CT molecular complexity index is 347. The second kappa shape index (κ2) is 7.11. The van der Waals surface area contributed by atoms with Crippen molar-refractivity contribution in [3.8, 4) is 0 Å². The number of ether oxygens (including phenoxy) is 3. The van der Waals surface area contributed by atoms with Gasteiger partial charge in [0.1, 0.15) is 12.7 Å². The fourth-order valence-corrected chi connectivity index (χ4v) is 2.04. The number of esters is 3. The molecule has 1 fully saturated rings. The largest absolute Gasteiger partial charge is 0.462 e. The van der Waals surface area contributed by atoms with Gasteiger partial charge < -0.3 is 14.2 Å². The maximum atomic E-state index is 11.2. The van der Waals surface area contributed by atoms with E-state index < -0.39 is 30.1 Å². The molecular formula is C13H20O6. The Kier molecular flexibility index (Phi) is 5.79. The molecule has 0 spiro atoms. The van der Waals surface area contributed by atoms with E-state index in [0.717, 1.165) is 19.3 Å². The van der Waals surface area contributed by atoms with E-state index in [-0.39, 0.29) is 12.5 Å². The number of rotatable bonds is 6. The van der Waals surface area contributed by atoms with Crippen LogP contribution < -0.4 is 0 Å². The van der Waals surface area contributed by atoms with Crippen molar-refractivity contribution in [3.63, 3.8) is 0 Å². The van der Waals surface area contributed by atoms with Gasteiger partial charge in [0, 0.05) is 20.8 Å². The first-order valence-corrected chi connectivity index (χ1v) is 6.38. The van der Waals surface area contributed by atoms with Crippen molar-refractivity contribution < 1.29 is 28.6 Å². The van der Waals surface area contributed by atoms with Crippen LogP contribution in [0.5, 0.6) is 0 Å². The quantitative estimate of drug-likeness (QED) is 0.534. The molecule has 0 N–H and O–H groups in total. The second-order valence-corrected chi connectivity index (χ2v) is 4.72. The molecule has 0 radical (unpaired) electrons. The van der Waals surface area contributed by atoms with Crippen molar-refractivity contribution >= 4 is 17.9 Å². The number of hydrogen-bond acceptors (Lipinski definition) is 6. The van der Waals surface area contributed by atoms with Crippen LogP contribution in [-0.4, -0.2) is 36.7 Å². The van der Waals surface area contributed by atoms with Crippen molar-refractivity contribution in [3.05, 3.63) is 0 Å². The van der Waals surface area contributed by atoms with Crippen LogP contribution in [-0.2, 0) is 28.6 Å². The van der Waals surface area contributed by atoms with Gasteiger partial charge in [0.2, 0.25) is 0 Å². The van der Waals surface area contributed by atoms with Crippen molar-refractivity contribution in [1.29, 1.82) is 0 Å². The molecule has 0 saturated heterocycles. The molecule has 1 aliphatic rings. The molecule has 0 aromatic rings. The third kappa shape index (κ3) is 5.28. The Morgan fingerprint density at radius 3 is 1.95 bits per heavy atom. The van der Waals surface area contributed by atoms with Gasteiger partial charge in [-0.3, -0.25) is 14.4 Å². The summed E-state index contributed by atoms with van der Waals surface area (Å²) in [5.41, 5.74) is 0. The van der Waals surface area contributed by atoms with Gasteiger partial charge in [0.05, 0.1) is 0 Å². The zero-order valence-corrected chi connectivity index (χ0v) is 11.5. The van der Waals surface area contributed by atoms with Crippen molar-refractivity contribution in [2.75, 3.05) is 6.61 Å². The van der Waals surface area contributed by atoms with Crippen LogP contribution in [0.25, 0.3) is 0 Å². The molecule has 2 unspecified atom stereocenters. The molecule has 0 heterocycles. The summed E-state index contributed by atoms with van der Waals surface area (Å²) in [5, 5.41) is 0. The highest BCUT2D eigenvalue weighted by Crippen LogP contribution is 2.33. The first-order chi connectivity index (χ1) is 8.90. The summed E-state index contributed by atoms with van der Waals surface area (Å²) in [7, 11) is 0. The molecule has 0 aromatic carbocycles. The van der Waals surface area contributed by atoms with Gasteiger partial charge in [-0.25, -0.2) is 0 Å². The van der Waals surface area contributed by atoms with E-state index in [2.05, 4.69) is 0 Å². The van der Waals surface area contributed by atoms with Crippen LogP contribution in [0, 0.1) is 5.92 Å². The van der Waals surface area contributed by atoms with E-state index in [9.17, 15) is 14.4 Å². The average Bonchev–Trinajstić information content (AvgIpc) is 2.19. The summed E-state index contributed by atoms with van der Waals surface area (Å²) >= 11 is 0. The van der Waals surface area contributed by atoms with Crippen molar-refractivity contribution in [1.82, 2.24) is 0 Å². The second-order valence-electron chi connectivity index (χ2n) is 4.72. The van der Waals surface area contributed by atoms with Gasteiger partial charge in [0.15, 0.2) is 6.10 Å². The standard InChI is InChI=1S/C13H20O6/c1-8(14)17-7-12(18-9(2)15)13(19-10(3)16)11-5-4-6-11/h11-13H,4-7H2,1-3H3. The molecule has 6 heteroatoms. The minimum Gasteiger partial charge on any atom is -0.462 e. The van der Waals surface area contributed by atoms with Gasteiger partial charge in [-0.2, -0.15) is 0 Å². The summed E-state index contributed by atoms with van der Waals surface area (Å²) in [4.78, 5) is 33.1. The molecule has 108 valence electrons. The molecule has 0 aromatic heterocycles. The lowest BCUT2D eigenvalue weighted by Crippen LogP contribution is -2.45. The molecule has 0 aliphatic heterocycles. The highest BCUT2D eigenvalue weighted by molar-refractivity contribution is 5.68. The summed E-state index contributed by atoms with van der Waals surface area (Å²) < 4.78 is 15.2. The molecule has 1 aliphatic carbocycles. The van der Waals surface area contributed by atoms with E-state index in [1.54, 1.807) is 0 Å². The molecule has 1 rings (SSSR count). The highest BCUT2D eigenvalue weighted by atomic mass is 16.6. The van der Waals surface area contributed by atoms with Gasteiger partial charge >= 0.3 is 17.9 Å². The van der Waals surface area contributed by atoms with Gasteiger partial charge in [-0.15, -0.1) is 0 Å². The molecule has 0 amide bonds. The zero-order chi connectivity index (χ0) is 14.4. The van der Waals surface area contributed by atoms with E-state index >= 15 is 0 Å². The number of carbonyl (C=O) groups excluding carboxylic acids is 3. The van der Waals surface area contributed by atoms with Crippen LogP contribution in [0.3, 0.4) is 0 Å². The third-order valence-electron chi connectivity index (χ3n) is 3.05. The Labute approximate surface area is 112 Å². The Morgan fingerprint density at radius 1 is 1.00 bits per heavy atom. The molecule has 2 atom stereocenters. The predicted octanol–water partition coefficient (Wildman–Crippen LogP) is 1.21. The molecule has 19 heavy (non-hydrogen) atoms. The van der Waals surface area contributed by atoms with Crippen LogP contribution >= 0.6 is 0 Å². The molecule has 0 bridgehead atoms. The summed E-state index contributed by atoms with van der Waals surface area (Å²) in [6.07, 6.45) is 1.60. The van der Waals surface area contributed by atoms with E-state index in [1.807, 2.05) is 0 Å². The Morgan fingerprint density at radius 2 is 1.58 bits per heavy atom. The smallest absolute Gasteiger partial charge is 0.303 e. The normalized spacial score (nSPS) is 17.8. The Balaban J connectivity index is 2.71. The van der Waals surface area contributed by atoms with E-state index in [1.165, 1.54) is 20.8 Å². The average molecular weight is 272 g/mol. The van der Waals surface area contributed by atoms with Crippen LogP contribution in [0.1, 0.15) is 40.0 Å². The summed E-state index contributed by atoms with van der Waals surface area (Å²) in [6, 6.07) is 0. The fourth-order valence-electron chi connectivity index (χ4n) is 2.04. The van der Waals surface area contributed by atoms with E-state index in [0.29, 0.717) is 0 Å². The molecule has 1 saturated carbocycles. The first-order valence-electron chi connectivity index (χ1n) is 6.38. The van der Waals surface area contributed by atoms with Crippen LogP contribution in [0.15, 0.2) is 0 Å². The fraction of sp³-hybridized carbons (Fsp3) is 0.769. The summed E-state index contributed by atoms with van der Waals surface area (Å²) in [5.74, 6) is -1.23. The monoisotopic (exact) mass is 272 g/mol. The number of carbonyl (C=O) groups is 3. The number of hydrogen-bond donors (Lipinski definition) is 0. The SMILES string of the molecule is CC(=O)OCC(OC(C)=O)C(OC(C)=O)C1CCC1. The minimum atomic E-state index is -0.740. The lowest BCUT2D eigenvalue weighted by molar-refractivity contribution is -0.180. The molecule has 6 nitrogen and oxygen atoms in total. The van der Waals surface area contributed by atoms with Gasteiger partial charge in [0.25, 0.3) is 0 Å². The van der Waals surface area contributed by atoms with Crippen molar-refractivity contribution in [2.24, 2.45) is 5.92 Å². The van der Waals surface area contributed by atoms with Crippen LogP contribution in [0.4, 0.5) is 0 Å². The maximum absolute atomic E-state index is 11.2. The molecular weight excluding hydrogens is 252 g/mol. The highest BCUT2D eigenvalue weighted by Gasteiger charge is 2.38. The van der Waals surface area contributed by atoms with E-state index in [4.69, 9.17) is 14.2 Å². The predicted molar refractivity (Wildman–Crippen MR) is 65.1 cm³/mol. The minimum absolute atomic E-state index is 0.0939. The van der Waals surface area contributed by atoms with Crippen molar-refractivity contribution in [2.45, 2.75) is 52.2 Å². The maximum Gasteiger partial charge on any atom is 0.303 e. The Hall–Kier alpha value is -1.59.